The van der Waals surface area contributed by atoms with Crippen molar-refractivity contribution in [3.05, 3.63) is 18.5 Å². The quantitative estimate of drug-likeness (QED) is 0.408. The van der Waals surface area contributed by atoms with Gasteiger partial charge in [0.15, 0.2) is 15.8 Å². The van der Waals surface area contributed by atoms with Gasteiger partial charge >= 0.3 is 0 Å². The van der Waals surface area contributed by atoms with Crippen LogP contribution in [-0.2, 0) is 16.4 Å². The third-order valence-corrected chi connectivity index (χ3v) is 6.75. The van der Waals surface area contributed by atoms with Crippen molar-refractivity contribution in [3.8, 4) is 0 Å². The molecule has 0 spiro atoms. The number of aromatic nitrogens is 2. The van der Waals surface area contributed by atoms with Gasteiger partial charge in [-0.1, -0.05) is 6.92 Å². The molecule has 1 unspecified atom stereocenters. The van der Waals surface area contributed by atoms with E-state index in [0.29, 0.717) is 19.0 Å². The third kappa shape index (κ3) is 5.08. The summed E-state index contributed by atoms with van der Waals surface area (Å²) in [5, 5.41) is 7.57. The fraction of sp³-hybridized carbons (Fsp3) is 0.733. The number of nitrogens with zero attached hydrogens (tertiary/aromatic N) is 4. The standard InChI is InChI=1S/C15H27N5O2S.HI/c1-13(11-20-7-5-6-18-20)10-17-14(16-4)19-8-9-23(21,22)15(2,3)12-19;/h5-7,13H,8-12H2,1-4H3,(H,16,17);1H. The Balaban J connectivity index is 0.00000288. The molecule has 0 bridgehead atoms. The molecule has 24 heavy (non-hydrogen) atoms. The SMILES string of the molecule is CN=C(NCC(C)Cn1cccn1)N1CCS(=O)(=O)C(C)(C)C1.I. The summed E-state index contributed by atoms with van der Waals surface area (Å²) in [7, 11) is -1.30. The summed E-state index contributed by atoms with van der Waals surface area (Å²) in [5.74, 6) is 1.32. The number of halogens is 1. The molecule has 0 amide bonds. The number of hydrogen-bond donors (Lipinski definition) is 1. The Morgan fingerprint density at radius 1 is 1.46 bits per heavy atom. The molecule has 9 heteroatoms. The molecule has 1 fully saturated rings. The molecule has 0 aliphatic carbocycles. The molecule has 1 saturated heterocycles. The maximum Gasteiger partial charge on any atom is 0.193 e. The van der Waals surface area contributed by atoms with Crippen LogP contribution in [0.5, 0.6) is 0 Å². The van der Waals surface area contributed by atoms with Gasteiger partial charge in [0.05, 0.1) is 10.5 Å². The minimum atomic E-state index is -3.04. The number of guanidine groups is 1. The Labute approximate surface area is 161 Å². The molecule has 2 heterocycles. The van der Waals surface area contributed by atoms with Gasteiger partial charge in [-0.25, -0.2) is 8.42 Å². The zero-order valence-corrected chi connectivity index (χ0v) is 17.9. The molecular weight excluding hydrogens is 441 g/mol. The van der Waals surface area contributed by atoms with E-state index in [1.165, 1.54) is 0 Å². The van der Waals surface area contributed by atoms with Crippen molar-refractivity contribution < 1.29 is 8.42 Å². The molecule has 1 aromatic heterocycles. The van der Waals surface area contributed by atoms with Crippen molar-refractivity contribution in [3.63, 3.8) is 0 Å². The van der Waals surface area contributed by atoms with Gasteiger partial charge in [0.25, 0.3) is 0 Å². The van der Waals surface area contributed by atoms with Crippen molar-refractivity contribution in [2.45, 2.75) is 32.1 Å². The largest absolute Gasteiger partial charge is 0.356 e. The van der Waals surface area contributed by atoms with Crippen LogP contribution in [0.4, 0.5) is 0 Å². The smallest absolute Gasteiger partial charge is 0.193 e. The second kappa shape index (κ2) is 8.50. The first-order valence-corrected chi connectivity index (χ1v) is 9.56. The Morgan fingerprint density at radius 2 is 2.17 bits per heavy atom. The number of sulfone groups is 1. The first-order chi connectivity index (χ1) is 10.7. The van der Waals surface area contributed by atoms with Gasteiger partial charge in [-0.05, 0) is 25.8 Å². The van der Waals surface area contributed by atoms with E-state index in [9.17, 15) is 8.42 Å². The van der Waals surface area contributed by atoms with Crippen LogP contribution in [0, 0.1) is 5.92 Å². The number of hydrogen-bond acceptors (Lipinski definition) is 4. The number of nitrogens with one attached hydrogen (secondary N) is 1. The Bertz CT molecular complexity index is 643. The lowest BCUT2D eigenvalue weighted by Gasteiger charge is -2.39. The highest BCUT2D eigenvalue weighted by Gasteiger charge is 2.40. The second-order valence-electron chi connectivity index (χ2n) is 6.76. The molecule has 138 valence electrons. The molecule has 1 aliphatic heterocycles. The lowest BCUT2D eigenvalue weighted by Crippen LogP contribution is -2.57. The molecule has 1 aromatic rings. The zero-order valence-electron chi connectivity index (χ0n) is 14.8. The second-order valence-corrected chi connectivity index (χ2v) is 9.50. The average Bonchev–Trinajstić information content (AvgIpc) is 2.96. The number of rotatable bonds is 4. The van der Waals surface area contributed by atoms with Crippen LogP contribution in [0.3, 0.4) is 0 Å². The van der Waals surface area contributed by atoms with Gasteiger partial charge in [0.2, 0.25) is 0 Å². The first kappa shape index (κ1) is 21.2. The van der Waals surface area contributed by atoms with Crippen LogP contribution < -0.4 is 5.32 Å². The molecule has 0 saturated carbocycles. The van der Waals surface area contributed by atoms with Crippen molar-refractivity contribution in [1.29, 1.82) is 0 Å². The van der Waals surface area contributed by atoms with Crippen LogP contribution in [0.2, 0.25) is 0 Å². The topological polar surface area (TPSA) is 79.6 Å². The van der Waals surface area contributed by atoms with E-state index in [2.05, 4.69) is 22.3 Å². The molecule has 0 aromatic carbocycles. The van der Waals surface area contributed by atoms with Gasteiger partial charge < -0.3 is 10.2 Å². The highest BCUT2D eigenvalue weighted by Crippen LogP contribution is 2.23. The van der Waals surface area contributed by atoms with Crippen LogP contribution in [0.25, 0.3) is 0 Å². The van der Waals surface area contributed by atoms with E-state index >= 15 is 0 Å². The highest BCUT2D eigenvalue weighted by molar-refractivity contribution is 14.0. The van der Waals surface area contributed by atoms with E-state index in [-0.39, 0.29) is 29.7 Å². The van der Waals surface area contributed by atoms with E-state index < -0.39 is 14.6 Å². The molecule has 1 atom stereocenters. The molecule has 7 nitrogen and oxygen atoms in total. The van der Waals surface area contributed by atoms with Crippen LogP contribution >= 0.6 is 24.0 Å². The van der Waals surface area contributed by atoms with E-state index in [1.807, 2.05) is 21.8 Å². The fourth-order valence-electron chi connectivity index (χ4n) is 2.71. The predicted octanol–water partition coefficient (Wildman–Crippen LogP) is 1.22. The Hall–Kier alpha value is -0.840. The van der Waals surface area contributed by atoms with Gasteiger partial charge in [0.1, 0.15) is 0 Å². The minimum Gasteiger partial charge on any atom is -0.356 e. The highest BCUT2D eigenvalue weighted by atomic mass is 127. The maximum absolute atomic E-state index is 12.1. The molecular formula is C15H28IN5O2S. The molecule has 2 rings (SSSR count). The molecule has 1 N–H and O–H groups in total. The summed E-state index contributed by atoms with van der Waals surface area (Å²) in [6.45, 7) is 8.24. The third-order valence-electron chi connectivity index (χ3n) is 4.22. The monoisotopic (exact) mass is 469 g/mol. The normalized spacial score (nSPS) is 21.0. The molecule has 0 radical (unpaired) electrons. The lowest BCUT2D eigenvalue weighted by molar-refractivity contribution is 0.347. The number of aliphatic imine (C=N–C) groups is 1. The van der Waals surface area contributed by atoms with E-state index in [4.69, 9.17) is 0 Å². The summed E-state index contributed by atoms with van der Waals surface area (Å²) in [4.78, 5) is 6.34. The fourth-order valence-corrected chi connectivity index (χ4v) is 4.08. The Morgan fingerprint density at radius 3 is 2.71 bits per heavy atom. The van der Waals surface area contributed by atoms with Crippen molar-refractivity contribution >= 4 is 39.8 Å². The van der Waals surface area contributed by atoms with Gasteiger partial charge in [0, 0.05) is 45.6 Å². The molecule has 1 aliphatic rings. The lowest BCUT2D eigenvalue weighted by atomic mass is 10.2. The minimum absolute atomic E-state index is 0. The van der Waals surface area contributed by atoms with Crippen molar-refractivity contribution in [1.82, 2.24) is 20.0 Å². The van der Waals surface area contributed by atoms with Crippen molar-refractivity contribution in [2.24, 2.45) is 10.9 Å². The summed E-state index contributed by atoms with van der Waals surface area (Å²) < 4.78 is 25.4. The van der Waals surface area contributed by atoms with E-state index in [0.717, 1.165) is 19.0 Å². The van der Waals surface area contributed by atoms with Gasteiger partial charge in [-0.15, -0.1) is 24.0 Å². The predicted molar refractivity (Wildman–Crippen MR) is 108 cm³/mol. The first-order valence-electron chi connectivity index (χ1n) is 7.90. The van der Waals surface area contributed by atoms with Crippen LogP contribution in [0.1, 0.15) is 20.8 Å². The average molecular weight is 469 g/mol. The Kier molecular flexibility index (Phi) is 7.51. The maximum atomic E-state index is 12.1. The van der Waals surface area contributed by atoms with Crippen LogP contribution in [0.15, 0.2) is 23.5 Å². The van der Waals surface area contributed by atoms with Crippen LogP contribution in [-0.4, -0.2) is 66.2 Å². The zero-order chi connectivity index (χ0) is 17.1. The summed E-state index contributed by atoms with van der Waals surface area (Å²) in [5.41, 5.74) is 0. The summed E-state index contributed by atoms with van der Waals surface area (Å²) >= 11 is 0. The summed E-state index contributed by atoms with van der Waals surface area (Å²) in [6, 6.07) is 1.91. The van der Waals surface area contributed by atoms with Gasteiger partial charge in [-0.3, -0.25) is 9.67 Å². The van der Waals surface area contributed by atoms with Gasteiger partial charge in [-0.2, -0.15) is 5.10 Å². The van der Waals surface area contributed by atoms with E-state index in [1.54, 1.807) is 27.1 Å². The summed E-state index contributed by atoms with van der Waals surface area (Å²) in [6.07, 6.45) is 3.72. The van der Waals surface area contributed by atoms with Crippen molar-refractivity contribution in [2.75, 3.05) is 32.4 Å².